The van der Waals surface area contributed by atoms with Crippen LogP contribution in [0, 0.1) is 40.4 Å². The number of alkyl carbamates (subject to hydrolysis) is 1. The highest BCUT2D eigenvalue weighted by molar-refractivity contribution is 7.98. The summed E-state index contributed by atoms with van der Waals surface area (Å²) in [7, 11) is 0. The fourth-order valence-electron chi connectivity index (χ4n) is 9.66. The van der Waals surface area contributed by atoms with E-state index in [0.29, 0.717) is 54.9 Å². The number of hydrogen-bond donors (Lipinski definition) is 2. The van der Waals surface area contributed by atoms with Crippen molar-refractivity contribution in [3.63, 3.8) is 0 Å². The number of aliphatic hydroxyl groups excluding tert-OH is 1. The van der Waals surface area contributed by atoms with Gasteiger partial charge in [-0.1, -0.05) is 75.6 Å². The number of amides is 1. The van der Waals surface area contributed by atoms with Crippen LogP contribution in [0.3, 0.4) is 0 Å². The molecule has 0 aliphatic heterocycles. The topological polar surface area (TPSA) is 67.8 Å². The zero-order chi connectivity index (χ0) is 30.5. The predicted octanol–water partition coefficient (Wildman–Crippen LogP) is 8.41. The molecule has 9 unspecified atom stereocenters. The first-order valence-electron chi connectivity index (χ1n) is 17.2. The Morgan fingerprint density at radius 1 is 1.14 bits per heavy atom. The standard InChI is InChI=1S/C37H57NO4S/c1-26(24-42-35(40)38-20-21-43-4)10-8-9-13-32-34(39)23-33-30-15-14-28-22-29(41-25-27-11-6-5-7-12-27)16-18-36(28,2)31(30)17-19-37(32,33)3/h5-7,11-12,14,26,29-34,39H,8-10,13,15-25H2,1-4H3,(H,38,40). The van der Waals surface area contributed by atoms with Crippen LogP contribution in [0.4, 0.5) is 4.79 Å². The molecule has 0 spiro atoms. The second kappa shape index (κ2) is 14.7. The molecule has 240 valence electrons. The van der Waals surface area contributed by atoms with Gasteiger partial charge in [-0.05, 0) is 110 Å². The maximum Gasteiger partial charge on any atom is 0.407 e. The maximum absolute atomic E-state index is 11.8. The minimum Gasteiger partial charge on any atom is -0.449 e. The highest BCUT2D eigenvalue weighted by Crippen LogP contribution is 2.66. The van der Waals surface area contributed by atoms with Gasteiger partial charge in [-0.25, -0.2) is 4.79 Å². The molecule has 1 aromatic carbocycles. The lowest BCUT2D eigenvalue weighted by molar-refractivity contribution is -0.0624. The molecule has 3 fully saturated rings. The van der Waals surface area contributed by atoms with Crippen molar-refractivity contribution in [2.24, 2.45) is 40.4 Å². The molecular formula is C37H57NO4S. The Morgan fingerprint density at radius 3 is 2.74 bits per heavy atom. The highest BCUT2D eigenvalue weighted by atomic mass is 32.2. The van der Waals surface area contributed by atoms with Crippen molar-refractivity contribution < 1.29 is 19.4 Å². The van der Waals surface area contributed by atoms with E-state index in [4.69, 9.17) is 9.47 Å². The van der Waals surface area contributed by atoms with Gasteiger partial charge in [-0.2, -0.15) is 11.8 Å². The molecule has 0 radical (unpaired) electrons. The van der Waals surface area contributed by atoms with Crippen molar-refractivity contribution in [2.75, 3.05) is 25.2 Å². The molecule has 1 aromatic rings. The van der Waals surface area contributed by atoms with E-state index in [0.717, 1.165) is 56.6 Å². The number of allylic oxidation sites excluding steroid dienone is 1. The van der Waals surface area contributed by atoms with Crippen LogP contribution < -0.4 is 5.32 Å². The molecule has 1 amide bonds. The summed E-state index contributed by atoms with van der Waals surface area (Å²) in [4.78, 5) is 11.8. The highest BCUT2D eigenvalue weighted by Gasteiger charge is 2.60. The number of unbranched alkanes of at least 4 members (excludes halogenated alkanes) is 1. The number of hydrogen-bond acceptors (Lipinski definition) is 5. The minimum absolute atomic E-state index is 0.167. The molecule has 3 saturated carbocycles. The molecule has 9 atom stereocenters. The van der Waals surface area contributed by atoms with Crippen LogP contribution in [-0.4, -0.2) is 48.6 Å². The molecule has 6 heteroatoms. The normalized spacial score (nSPS) is 35.7. The van der Waals surface area contributed by atoms with E-state index in [1.165, 1.54) is 31.2 Å². The summed E-state index contributed by atoms with van der Waals surface area (Å²) in [5.74, 6) is 3.75. The molecule has 4 aliphatic rings. The Morgan fingerprint density at radius 2 is 1.95 bits per heavy atom. The van der Waals surface area contributed by atoms with Crippen LogP contribution >= 0.6 is 11.8 Å². The number of ether oxygens (including phenoxy) is 2. The molecule has 5 nitrogen and oxygen atoms in total. The van der Waals surface area contributed by atoms with Gasteiger partial charge in [0.2, 0.25) is 0 Å². The van der Waals surface area contributed by atoms with Crippen LogP contribution in [0.25, 0.3) is 0 Å². The average molecular weight is 612 g/mol. The fraction of sp³-hybridized carbons (Fsp3) is 0.757. The first-order chi connectivity index (χ1) is 20.7. The first kappa shape index (κ1) is 32.9. The van der Waals surface area contributed by atoms with Gasteiger partial charge < -0.3 is 19.9 Å². The quantitative estimate of drug-likeness (QED) is 0.173. The minimum atomic E-state index is -0.299. The second-order valence-corrected chi connectivity index (χ2v) is 15.8. The lowest BCUT2D eigenvalue weighted by atomic mass is 9.47. The van der Waals surface area contributed by atoms with Crippen LogP contribution in [0.5, 0.6) is 0 Å². The number of aliphatic hydroxyl groups is 1. The molecule has 0 saturated heterocycles. The molecule has 43 heavy (non-hydrogen) atoms. The van der Waals surface area contributed by atoms with Crippen LogP contribution in [0.15, 0.2) is 42.0 Å². The van der Waals surface area contributed by atoms with Crippen molar-refractivity contribution in [1.82, 2.24) is 5.32 Å². The monoisotopic (exact) mass is 611 g/mol. The summed E-state index contributed by atoms with van der Waals surface area (Å²) in [5, 5.41) is 14.2. The number of nitrogens with one attached hydrogen (secondary N) is 1. The lowest BCUT2D eigenvalue weighted by Crippen LogP contribution is -2.50. The summed E-state index contributed by atoms with van der Waals surface area (Å²) >= 11 is 1.71. The molecular weight excluding hydrogens is 554 g/mol. The van der Waals surface area contributed by atoms with Gasteiger partial charge in [0, 0.05) is 12.3 Å². The molecule has 0 aromatic heterocycles. The fourth-order valence-corrected chi connectivity index (χ4v) is 9.97. The van der Waals surface area contributed by atoms with Gasteiger partial charge >= 0.3 is 6.09 Å². The third-order valence-corrected chi connectivity index (χ3v) is 12.8. The largest absolute Gasteiger partial charge is 0.449 e. The predicted molar refractivity (Wildman–Crippen MR) is 177 cm³/mol. The van der Waals surface area contributed by atoms with Crippen LogP contribution in [0.1, 0.15) is 97.0 Å². The van der Waals surface area contributed by atoms with Crippen LogP contribution in [-0.2, 0) is 16.1 Å². The van der Waals surface area contributed by atoms with Gasteiger partial charge in [-0.3, -0.25) is 0 Å². The smallest absolute Gasteiger partial charge is 0.407 e. The van der Waals surface area contributed by atoms with E-state index in [-0.39, 0.29) is 17.6 Å². The van der Waals surface area contributed by atoms with Crippen molar-refractivity contribution in [3.05, 3.63) is 47.5 Å². The average Bonchev–Trinajstić information content (AvgIpc) is 3.27. The maximum atomic E-state index is 11.8. The Bertz CT molecular complexity index is 1080. The SMILES string of the molecule is CSCCNC(=O)OCC(C)CCCCC1C(O)CC2C3CC=C4CC(OCc5ccccc5)CCC4(C)C3CCC12C. The number of rotatable bonds is 13. The number of fused-ring (bicyclic) bond motifs is 5. The Balaban J connectivity index is 1.10. The molecule has 0 heterocycles. The molecule has 5 rings (SSSR count). The van der Waals surface area contributed by atoms with E-state index < -0.39 is 0 Å². The van der Waals surface area contributed by atoms with Gasteiger partial charge in [0.05, 0.1) is 25.4 Å². The van der Waals surface area contributed by atoms with E-state index in [1.54, 1.807) is 17.3 Å². The molecule has 4 aliphatic carbocycles. The lowest BCUT2D eigenvalue weighted by Gasteiger charge is -2.58. The Hall–Kier alpha value is -1.50. The molecule has 2 N–H and O–H groups in total. The van der Waals surface area contributed by atoms with Crippen LogP contribution in [0.2, 0.25) is 0 Å². The van der Waals surface area contributed by atoms with E-state index in [2.05, 4.69) is 62.5 Å². The van der Waals surface area contributed by atoms with Gasteiger partial charge in [0.1, 0.15) is 0 Å². The van der Waals surface area contributed by atoms with E-state index in [1.807, 2.05) is 6.26 Å². The Kier molecular flexibility index (Phi) is 11.3. The van der Waals surface area contributed by atoms with Gasteiger partial charge in [0.15, 0.2) is 0 Å². The van der Waals surface area contributed by atoms with Gasteiger partial charge in [0.25, 0.3) is 0 Å². The zero-order valence-electron chi connectivity index (χ0n) is 27.2. The summed E-state index contributed by atoms with van der Waals surface area (Å²) in [6, 6.07) is 10.6. The third-order valence-electron chi connectivity index (χ3n) is 12.2. The van der Waals surface area contributed by atoms with Crippen molar-refractivity contribution >= 4 is 17.9 Å². The summed E-state index contributed by atoms with van der Waals surface area (Å²) in [6.45, 7) is 9.11. The van der Waals surface area contributed by atoms with E-state index >= 15 is 0 Å². The number of carbonyl (C=O) groups excluding carboxylic acids is 1. The zero-order valence-corrected chi connectivity index (χ0v) is 28.0. The van der Waals surface area contributed by atoms with Crippen molar-refractivity contribution in [2.45, 2.75) is 110 Å². The second-order valence-electron chi connectivity index (χ2n) is 14.8. The summed E-state index contributed by atoms with van der Waals surface area (Å²) in [5.41, 5.74) is 3.47. The molecule has 0 bridgehead atoms. The Labute approximate surface area is 265 Å². The first-order valence-corrected chi connectivity index (χ1v) is 18.6. The number of carbonyl (C=O) groups is 1. The number of thioether (sulfide) groups is 1. The summed E-state index contributed by atoms with van der Waals surface area (Å²) < 4.78 is 11.8. The van der Waals surface area contributed by atoms with Crippen molar-refractivity contribution in [3.8, 4) is 0 Å². The summed E-state index contributed by atoms with van der Waals surface area (Å²) in [6.07, 6.45) is 17.2. The third kappa shape index (κ3) is 7.49. The number of benzene rings is 1. The van der Waals surface area contributed by atoms with E-state index in [9.17, 15) is 9.90 Å². The van der Waals surface area contributed by atoms with Gasteiger partial charge in [-0.15, -0.1) is 0 Å². The van der Waals surface area contributed by atoms with Crippen molar-refractivity contribution in [1.29, 1.82) is 0 Å².